The molecule has 1 atom stereocenters. The van der Waals surface area contributed by atoms with Crippen LogP contribution in [0.4, 0.5) is 5.69 Å². The van der Waals surface area contributed by atoms with Crippen molar-refractivity contribution in [2.45, 2.75) is 20.3 Å². The minimum Gasteiger partial charge on any atom is -0.392 e. The van der Waals surface area contributed by atoms with Crippen LogP contribution in [0.2, 0.25) is 0 Å². The summed E-state index contributed by atoms with van der Waals surface area (Å²) in [6.07, 6.45) is 2.05. The van der Waals surface area contributed by atoms with Crippen molar-refractivity contribution in [1.82, 2.24) is 0 Å². The van der Waals surface area contributed by atoms with E-state index in [2.05, 4.69) is 11.7 Å². The van der Waals surface area contributed by atoms with Gasteiger partial charge in [-0.15, -0.1) is 0 Å². The van der Waals surface area contributed by atoms with Crippen LogP contribution in [0.25, 0.3) is 5.70 Å². The molecule has 0 spiro atoms. The van der Waals surface area contributed by atoms with Crippen molar-refractivity contribution < 1.29 is 14.4 Å². The molecule has 0 saturated carbocycles. The lowest BCUT2D eigenvalue weighted by molar-refractivity contribution is -0.128. The van der Waals surface area contributed by atoms with E-state index in [-0.39, 0.29) is 18.3 Å². The zero-order valence-corrected chi connectivity index (χ0v) is 16.7. The van der Waals surface area contributed by atoms with E-state index in [1.54, 1.807) is 17.9 Å². The van der Waals surface area contributed by atoms with Gasteiger partial charge in [-0.1, -0.05) is 73.3 Å². The molecule has 0 aromatic heterocycles. The fraction of sp³-hybridized carbons (Fsp3) is 0.208. The Bertz CT molecular complexity index is 962. The van der Waals surface area contributed by atoms with E-state index >= 15 is 0 Å². The first-order valence-electron chi connectivity index (χ1n) is 9.59. The first-order valence-corrected chi connectivity index (χ1v) is 9.59. The van der Waals surface area contributed by atoms with Crippen molar-refractivity contribution in [3.8, 4) is 0 Å². The fourth-order valence-electron chi connectivity index (χ4n) is 3.46. The molecular formula is C24H24N2O3. The molecule has 0 aliphatic carbocycles. The van der Waals surface area contributed by atoms with Gasteiger partial charge in [0.15, 0.2) is 5.78 Å². The van der Waals surface area contributed by atoms with Crippen LogP contribution in [0.5, 0.6) is 0 Å². The number of hydrogen-bond donors (Lipinski definition) is 0. The Balaban J connectivity index is 2.20. The van der Waals surface area contributed by atoms with Crippen LogP contribution in [-0.4, -0.2) is 24.0 Å². The number of nitrogens with zero attached hydrogens (tertiary/aromatic N) is 2. The van der Waals surface area contributed by atoms with E-state index in [0.717, 1.165) is 5.56 Å². The van der Waals surface area contributed by atoms with Crippen LogP contribution in [0.1, 0.15) is 25.8 Å². The zero-order chi connectivity index (χ0) is 20.8. The van der Waals surface area contributed by atoms with E-state index in [1.807, 2.05) is 67.6 Å². The average molecular weight is 388 g/mol. The molecule has 1 unspecified atom stereocenters. The lowest BCUT2D eigenvalue weighted by atomic mass is 9.84. The molecule has 0 bridgehead atoms. The quantitative estimate of drug-likeness (QED) is 0.229. The van der Waals surface area contributed by atoms with Crippen molar-refractivity contribution in [2.24, 2.45) is 11.1 Å². The zero-order valence-electron chi connectivity index (χ0n) is 16.7. The Labute approximate surface area is 171 Å². The van der Waals surface area contributed by atoms with Crippen molar-refractivity contribution in [1.29, 1.82) is 0 Å². The third-order valence-corrected chi connectivity index (χ3v) is 4.77. The number of anilines is 1. The molecule has 5 nitrogen and oxygen atoms in total. The minimum absolute atomic E-state index is 0.209. The van der Waals surface area contributed by atoms with Crippen LogP contribution in [-0.2, 0) is 14.4 Å². The molecule has 3 rings (SSSR count). The number of amides is 1. The molecule has 29 heavy (non-hydrogen) atoms. The van der Waals surface area contributed by atoms with Gasteiger partial charge in [-0.3, -0.25) is 14.5 Å². The maximum Gasteiger partial charge on any atom is 0.248 e. The molecule has 0 saturated heterocycles. The predicted molar refractivity (Wildman–Crippen MR) is 115 cm³/mol. The molecule has 1 amide bonds. The molecule has 1 aliphatic rings. The standard InChI is InChI=1S/C24H24N2O3/c1-4-16-29-25-17(3)21-23(27)20(5-2)22(18-12-8-6-9-13-18)26(24(21)28)19-14-10-7-11-15-19/h4,6-15,21H,1,5,16H2,2-3H3/b25-17-. The van der Waals surface area contributed by atoms with Gasteiger partial charge in [-0.2, -0.15) is 0 Å². The average Bonchev–Trinajstić information content (AvgIpc) is 2.75. The second-order valence-corrected chi connectivity index (χ2v) is 6.67. The van der Waals surface area contributed by atoms with Crippen molar-refractivity contribution >= 4 is 28.8 Å². The lowest BCUT2D eigenvalue weighted by Gasteiger charge is -2.35. The molecule has 5 heteroatoms. The Morgan fingerprint density at radius 3 is 2.31 bits per heavy atom. The Hall–Kier alpha value is -3.47. The van der Waals surface area contributed by atoms with Crippen molar-refractivity contribution in [3.05, 3.63) is 84.5 Å². The highest BCUT2D eigenvalue weighted by atomic mass is 16.6. The van der Waals surface area contributed by atoms with E-state index in [4.69, 9.17) is 4.84 Å². The van der Waals surface area contributed by atoms with E-state index in [0.29, 0.717) is 29.1 Å². The maximum absolute atomic E-state index is 13.6. The van der Waals surface area contributed by atoms with E-state index in [1.165, 1.54) is 0 Å². The predicted octanol–water partition coefficient (Wildman–Crippen LogP) is 4.62. The van der Waals surface area contributed by atoms with Gasteiger partial charge in [-0.25, -0.2) is 0 Å². The van der Waals surface area contributed by atoms with Crippen molar-refractivity contribution in [2.75, 3.05) is 11.5 Å². The highest BCUT2D eigenvalue weighted by Gasteiger charge is 2.43. The third-order valence-electron chi connectivity index (χ3n) is 4.77. The van der Waals surface area contributed by atoms with Crippen LogP contribution in [0.15, 0.2) is 84.0 Å². The summed E-state index contributed by atoms with van der Waals surface area (Å²) in [5.74, 6) is -1.57. The number of carbonyl (C=O) groups excluding carboxylic acids is 2. The Kier molecular flexibility index (Phi) is 6.39. The summed E-state index contributed by atoms with van der Waals surface area (Å²) in [4.78, 5) is 33.7. The Morgan fingerprint density at radius 1 is 1.10 bits per heavy atom. The van der Waals surface area contributed by atoms with Gasteiger partial charge in [0.2, 0.25) is 5.91 Å². The van der Waals surface area contributed by atoms with Crippen molar-refractivity contribution in [3.63, 3.8) is 0 Å². The highest BCUT2D eigenvalue weighted by Crippen LogP contribution is 2.37. The summed E-state index contributed by atoms with van der Waals surface area (Å²) in [6, 6.07) is 18.9. The molecule has 0 radical (unpaired) electrons. The number of rotatable bonds is 7. The molecule has 1 heterocycles. The number of carbonyl (C=O) groups is 2. The summed E-state index contributed by atoms with van der Waals surface area (Å²) in [6.45, 7) is 7.36. The van der Waals surface area contributed by atoms with Gasteiger partial charge >= 0.3 is 0 Å². The van der Waals surface area contributed by atoms with Gasteiger partial charge in [0, 0.05) is 11.3 Å². The number of benzene rings is 2. The number of ketones is 1. The summed E-state index contributed by atoms with van der Waals surface area (Å²) in [5.41, 5.74) is 3.10. The normalized spacial score (nSPS) is 17.5. The SMILES string of the molecule is C=CCO/N=C(/C)C1C(=O)C(CC)=C(c2ccccc2)N(c2ccccc2)C1=O. The molecular weight excluding hydrogens is 364 g/mol. The number of oxime groups is 1. The van der Waals surface area contributed by atoms with Crippen LogP contribution in [0, 0.1) is 5.92 Å². The number of hydrogen-bond acceptors (Lipinski definition) is 4. The van der Waals surface area contributed by atoms with Crippen LogP contribution >= 0.6 is 0 Å². The summed E-state index contributed by atoms with van der Waals surface area (Å²) in [5, 5.41) is 3.99. The van der Waals surface area contributed by atoms with Gasteiger partial charge in [-0.05, 0) is 31.0 Å². The number of allylic oxidation sites excluding steroid dienone is 1. The minimum atomic E-state index is -1.01. The first-order chi connectivity index (χ1) is 14.1. The van der Waals surface area contributed by atoms with Gasteiger partial charge < -0.3 is 4.84 Å². The van der Waals surface area contributed by atoms with Crippen LogP contribution < -0.4 is 4.90 Å². The number of Topliss-reactive ketones (excluding diaryl/α,β-unsaturated/α-hetero) is 1. The highest BCUT2D eigenvalue weighted by molar-refractivity contribution is 6.34. The number of para-hydroxylation sites is 1. The van der Waals surface area contributed by atoms with Crippen LogP contribution in [0.3, 0.4) is 0 Å². The van der Waals surface area contributed by atoms with Gasteiger partial charge in [0.05, 0.1) is 11.4 Å². The molecule has 0 N–H and O–H groups in total. The molecule has 148 valence electrons. The molecule has 2 aromatic rings. The smallest absolute Gasteiger partial charge is 0.248 e. The van der Waals surface area contributed by atoms with Gasteiger partial charge in [0.1, 0.15) is 12.5 Å². The maximum atomic E-state index is 13.6. The summed E-state index contributed by atoms with van der Waals surface area (Å²) >= 11 is 0. The topological polar surface area (TPSA) is 59.0 Å². The second-order valence-electron chi connectivity index (χ2n) is 6.67. The lowest BCUT2D eigenvalue weighted by Crippen LogP contribution is -2.47. The molecule has 2 aromatic carbocycles. The van der Waals surface area contributed by atoms with Gasteiger partial charge in [0.25, 0.3) is 0 Å². The first kappa shape index (κ1) is 20.3. The third kappa shape index (κ3) is 4.04. The largest absolute Gasteiger partial charge is 0.392 e. The van der Waals surface area contributed by atoms with E-state index < -0.39 is 5.92 Å². The van der Waals surface area contributed by atoms with E-state index in [9.17, 15) is 9.59 Å². The monoisotopic (exact) mass is 388 g/mol. The molecule has 0 fully saturated rings. The summed E-state index contributed by atoms with van der Waals surface area (Å²) < 4.78 is 0. The fourth-order valence-corrected chi connectivity index (χ4v) is 3.46. The second kappa shape index (κ2) is 9.15. The molecule has 1 aliphatic heterocycles. The Morgan fingerprint density at radius 2 is 1.72 bits per heavy atom. The summed E-state index contributed by atoms with van der Waals surface area (Å²) in [7, 11) is 0.